The number of hydrogen-bond acceptors (Lipinski definition) is 8. The topological polar surface area (TPSA) is 97.8 Å². The summed E-state index contributed by atoms with van der Waals surface area (Å²) in [7, 11) is 4.65. The van der Waals surface area contributed by atoms with Crippen LogP contribution in [0, 0.1) is 11.7 Å². The minimum absolute atomic E-state index is 0.0373. The van der Waals surface area contributed by atoms with Crippen molar-refractivity contribution < 1.29 is 23.4 Å². The van der Waals surface area contributed by atoms with E-state index in [2.05, 4.69) is 25.5 Å². The second-order valence-corrected chi connectivity index (χ2v) is 8.94. The molecule has 1 saturated heterocycles. The van der Waals surface area contributed by atoms with Gasteiger partial charge in [0.2, 0.25) is 17.6 Å². The fourth-order valence-electron chi connectivity index (χ4n) is 4.25. The van der Waals surface area contributed by atoms with Gasteiger partial charge in [-0.3, -0.25) is 4.79 Å². The van der Waals surface area contributed by atoms with Crippen LogP contribution in [0.15, 0.2) is 42.6 Å². The molecule has 37 heavy (non-hydrogen) atoms. The molecule has 2 heterocycles. The number of methoxy groups -OCH3 is 3. The Bertz CT molecular complexity index is 1240. The van der Waals surface area contributed by atoms with Gasteiger partial charge in [-0.2, -0.15) is 4.98 Å². The number of benzene rings is 2. The maximum absolute atomic E-state index is 13.4. The molecule has 1 amide bonds. The Morgan fingerprint density at radius 1 is 1.14 bits per heavy atom. The lowest BCUT2D eigenvalue weighted by atomic mass is 9.97. The highest BCUT2D eigenvalue weighted by Crippen LogP contribution is 2.40. The fraction of sp³-hybridized carbons (Fsp3) is 0.346. The molecule has 4 rings (SSSR count). The summed E-state index contributed by atoms with van der Waals surface area (Å²) in [5.74, 6) is 1.87. The molecule has 2 aromatic carbocycles. The van der Waals surface area contributed by atoms with Crippen molar-refractivity contribution in [1.29, 1.82) is 0 Å². The number of aromatic nitrogens is 2. The Balaban J connectivity index is 1.42. The highest BCUT2D eigenvalue weighted by Gasteiger charge is 2.27. The molecule has 0 unspecified atom stereocenters. The van der Waals surface area contributed by atoms with E-state index < -0.39 is 5.82 Å². The van der Waals surface area contributed by atoms with Gasteiger partial charge in [-0.05, 0) is 36.6 Å². The molecule has 196 valence electrons. The molecule has 0 aliphatic carbocycles. The molecule has 1 aromatic heterocycles. The van der Waals surface area contributed by atoms with Gasteiger partial charge in [0.1, 0.15) is 11.6 Å². The van der Waals surface area contributed by atoms with Gasteiger partial charge in [0.05, 0.1) is 32.3 Å². The molecule has 1 aliphatic heterocycles. The van der Waals surface area contributed by atoms with E-state index in [1.54, 1.807) is 45.7 Å². The third-order valence-corrected chi connectivity index (χ3v) is 6.42. The number of nitrogens with one attached hydrogen (secondary N) is 2. The van der Waals surface area contributed by atoms with Crippen molar-refractivity contribution in [3.8, 4) is 17.2 Å². The first-order valence-corrected chi connectivity index (χ1v) is 12.2. The molecule has 3 aromatic rings. The first-order valence-electron chi connectivity index (χ1n) is 11.8. The Labute approximate surface area is 219 Å². The van der Waals surface area contributed by atoms with E-state index in [-0.39, 0.29) is 23.4 Å². The molecular weight excluding hydrogens is 501 g/mol. The predicted octanol–water partition coefficient (Wildman–Crippen LogP) is 4.57. The summed E-state index contributed by atoms with van der Waals surface area (Å²) in [5.41, 5.74) is 1.41. The summed E-state index contributed by atoms with van der Waals surface area (Å²) in [4.78, 5) is 23.9. The Kier molecular flexibility index (Phi) is 8.50. The highest BCUT2D eigenvalue weighted by atomic mass is 35.5. The second kappa shape index (κ2) is 12.0. The van der Waals surface area contributed by atoms with Crippen LogP contribution in [0.1, 0.15) is 18.4 Å². The largest absolute Gasteiger partial charge is 0.493 e. The third kappa shape index (κ3) is 6.32. The van der Waals surface area contributed by atoms with Gasteiger partial charge in [0.25, 0.3) is 0 Å². The van der Waals surface area contributed by atoms with Gasteiger partial charge < -0.3 is 29.7 Å². The second-order valence-electron chi connectivity index (χ2n) is 8.53. The highest BCUT2D eigenvalue weighted by molar-refractivity contribution is 6.30. The molecule has 0 radical (unpaired) electrons. The van der Waals surface area contributed by atoms with Crippen molar-refractivity contribution in [3.05, 3.63) is 59.0 Å². The molecule has 9 nitrogen and oxygen atoms in total. The van der Waals surface area contributed by atoms with Crippen LogP contribution in [-0.4, -0.2) is 50.3 Å². The average Bonchev–Trinajstić information content (AvgIpc) is 2.93. The summed E-state index contributed by atoms with van der Waals surface area (Å²) in [6.45, 7) is 1.58. The van der Waals surface area contributed by atoms with Crippen LogP contribution in [0.25, 0.3) is 0 Å². The number of nitrogens with zero attached hydrogens (tertiary/aromatic N) is 3. The van der Waals surface area contributed by atoms with Gasteiger partial charge in [-0.1, -0.05) is 17.7 Å². The van der Waals surface area contributed by atoms with Crippen molar-refractivity contribution >= 4 is 35.0 Å². The molecule has 1 fully saturated rings. The van der Waals surface area contributed by atoms with Crippen LogP contribution in [0.3, 0.4) is 0 Å². The Morgan fingerprint density at radius 3 is 2.57 bits per heavy atom. The summed E-state index contributed by atoms with van der Waals surface area (Å²) in [6, 6.07) is 9.79. The van der Waals surface area contributed by atoms with Crippen LogP contribution in [-0.2, 0) is 11.3 Å². The zero-order chi connectivity index (χ0) is 26.4. The maximum atomic E-state index is 13.4. The fourth-order valence-corrected chi connectivity index (χ4v) is 4.45. The van der Waals surface area contributed by atoms with Gasteiger partial charge in [0, 0.05) is 43.7 Å². The molecule has 1 atom stereocenters. The molecule has 0 saturated carbocycles. The van der Waals surface area contributed by atoms with Gasteiger partial charge >= 0.3 is 0 Å². The summed E-state index contributed by atoms with van der Waals surface area (Å²) in [6.07, 6.45) is 3.29. The van der Waals surface area contributed by atoms with E-state index >= 15 is 0 Å². The van der Waals surface area contributed by atoms with Crippen molar-refractivity contribution in [2.75, 3.05) is 44.6 Å². The lowest BCUT2D eigenvalue weighted by Crippen LogP contribution is -2.43. The van der Waals surface area contributed by atoms with Crippen molar-refractivity contribution in [3.63, 3.8) is 0 Å². The SMILES string of the molecule is COc1cc(Nc2nccc(N3CCC[C@H](C(=O)NCc4ccc(F)c(Cl)c4)C3)n2)cc(OC)c1OC. The van der Waals surface area contributed by atoms with Gasteiger partial charge in [-0.25, -0.2) is 9.37 Å². The van der Waals surface area contributed by atoms with E-state index in [1.165, 1.54) is 12.1 Å². The molecular formula is C26H29ClFN5O4. The minimum atomic E-state index is -0.483. The Hall–Kier alpha value is -3.79. The summed E-state index contributed by atoms with van der Waals surface area (Å²) in [5, 5.41) is 6.16. The zero-order valence-corrected chi connectivity index (χ0v) is 21.6. The van der Waals surface area contributed by atoms with Crippen molar-refractivity contribution in [2.24, 2.45) is 5.92 Å². The van der Waals surface area contributed by atoms with E-state index in [0.29, 0.717) is 41.2 Å². The van der Waals surface area contributed by atoms with E-state index in [0.717, 1.165) is 24.9 Å². The summed E-state index contributed by atoms with van der Waals surface area (Å²) >= 11 is 5.84. The van der Waals surface area contributed by atoms with Gasteiger partial charge in [-0.15, -0.1) is 0 Å². The lowest BCUT2D eigenvalue weighted by Gasteiger charge is -2.33. The van der Waals surface area contributed by atoms with Crippen LogP contribution < -0.4 is 29.7 Å². The number of piperidine rings is 1. The number of hydrogen-bond donors (Lipinski definition) is 2. The van der Waals surface area contributed by atoms with E-state index in [1.807, 2.05) is 6.07 Å². The molecule has 1 aliphatic rings. The molecule has 11 heteroatoms. The number of halogens is 2. The maximum Gasteiger partial charge on any atom is 0.229 e. The number of rotatable bonds is 9. The number of amides is 1. The molecule has 0 spiro atoms. The number of carbonyl (C=O) groups is 1. The predicted molar refractivity (Wildman–Crippen MR) is 140 cm³/mol. The van der Waals surface area contributed by atoms with E-state index in [4.69, 9.17) is 25.8 Å². The average molecular weight is 530 g/mol. The standard InChI is InChI=1S/C26H29ClFN5O4/c1-35-21-12-18(13-22(36-2)24(21)37-3)31-26-29-9-8-23(32-26)33-10-4-5-17(15-33)25(34)30-14-16-6-7-20(28)19(27)11-16/h6-9,11-13,17H,4-5,10,14-15H2,1-3H3,(H,30,34)(H,29,31,32)/t17-/m0/s1. The van der Waals surface area contributed by atoms with Crippen molar-refractivity contribution in [2.45, 2.75) is 19.4 Å². The minimum Gasteiger partial charge on any atom is -0.493 e. The van der Waals surface area contributed by atoms with Crippen LogP contribution >= 0.6 is 11.6 Å². The Morgan fingerprint density at radius 2 is 1.89 bits per heavy atom. The molecule has 0 bridgehead atoms. The summed E-state index contributed by atoms with van der Waals surface area (Å²) < 4.78 is 29.6. The number of anilines is 3. The number of carbonyl (C=O) groups excluding carboxylic acids is 1. The molecule has 2 N–H and O–H groups in total. The third-order valence-electron chi connectivity index (χ3n) is 6.13. The monoisotopic (exact) mass is 529 g/mol. The van der Waals surface area contributed by atoms with Crippen LogP contribution in [0.4, 0.5) is 21.8 Å². The van der Waals surface area contributed by atoms with Crippen LogP contribution in [0.2, 0.25) is 5.02 Å². The lowest BCUT2D eigenvalue weighted by molar-refractivity contribution is -0.125. The zero-order valence-electron chi connectivity index (χ0n) is 20.9. The first kappa shape index (κ1) is 26.3. The van der Waals surface area contributed by atoms with Crippen LogP contribution in [0.5, 0.6) is 17.2 Å². The van der Waals surface area contributed by atoms with Crippen molar-refractivity contribution in [1.82, 2.24) is 15.3 Å². The normalized spacial score (nSPS) is 15.2. The van der Waals surface area contributed by atoms with Gasteiger partial charge in [0.15, 0.2) is 11.5 Å². The smallest absolute Gasteiger partial charge is 0.229 e. The van der Waals surface area contributed by atoms with E-state index in [9.17, 15) is 9.18 Å². The quantitative estimate of drug-likeness (QED) is 0.416. The first-order chi connectivity index (χ1) is 17.9. The number of ether oxygens (including phenoxy) is 3.